The third kappa shape index (κ3) is 9.75. The lowest BCUT2D eigenvalue weighted by Crippen LogP contribution is -2.44. The number of hydrogen-bond acceptors (Lipinski definition) is 9. The molecule has 16 heteroatoms. The van der Waals surface area contributed by atoms with E-state index in [-0.39, 0.29) is 54.5 Å². The summed E-state index contributed by atoms with van der Waals surface area (Å²) >= 11 is 0. The second kappa shape index (κ2) is 15.6. The minimum atomic E-state index is -5.00. The number of alkyl halides is 6. The number of rotatable bonds is 11. The van der Waals surface area contributed by atoms with Gasteiger partial charge in [-0.25, -0.2) is 14.8 Å². The van der Waals surface area contributed by atoms with Crippen molar-refractivity contribution in [3.8, 4) is 0 Å². The van der Waals surface area contributed by atoms with Crippen LogP contribution in [0.3, 0.4) is 0 Å². The molecule has 10 nitrogen and oxygen atoms in total. The van der Waals surface area contributed by atoms with Crippen LogP contribution >= 0.6 is 0 Å². The van der Waals surface area contributed by atoms with Gasteiger partial charge in [0.25, 0.3) is 0 Å². The fraction of sp³-hybridized carbons (Fsp3) is 0.606. The van der Waals surface area contributed by atoms with Gasteiger partial charge in [0.05, 0.1) is 24.2 Å². The zero-order valence-corrected chi connectivity index (χ0v) is 28.1. The van der Waals surface area contributed by atoms with Crippen LogP contribution in [0.25, 0.3) is 0 Å². The van der Waals surface area contributed by atoms with E-state index < -0.39 is 41.7 Å². The van der Waals surface area contributed by atoms with Gasteiger partial charge in [-0.05, 0) is 74.8 Å². The zero-order chi connectivity index (χ0) is 36.1. The molecule has 3 atom stereocenters. The van der Waals surface area contributed by atoms with Crippen molar-refractivity contribution in [1.82, 2.24) is 19.9 Å². The Hall–Kier alpha value is -4.11. The molecule has 1 aliphatic carbocycles. The smallest absolute Gasteiger partial charge is 0.416 e. The van der Waals surface area contributed by atoms with E-state index >= 15 is 0 Å². The molecule has 0 spiro atoms. The first-order chi connectivity index (χ1) is 23.0. The lowest BCUT2D eigenvalue weighted by molar-refractivity contribution is -0.147. The molecule has 270 valence electrons. The summed E-state index contributed by atoms with van der Waals surface area (Å²) in [7, 11) is 4.73. The molecule has 2 heterocycles. The fourth-order valence-corrected chi connectivity index (χ4v) is 6.24. The van der Waals surface area contributed by atoms with Crippen LogP contribution in [0.15, 0.2) is 35.7 Å². The Labute approximate surface area is 281 Å². The summed E-state index contributed by atoms with van der Waals surface area (Å²) in [5, 5.41) is 5.96. The monoisotopic (exact) mass is 700 g/mol. The van der Waals surface area contributed by atoms with E-state index in [0.29, 0.717) is 50.8 Å². The highest BCUT2D eigenvalue weighted by atomic mass is 19.4. The number of hydrogen-bond donors (Lipinski definition) is 0. The van der Waals surface area contributed by atoms with Crippen molar-refractivity contribution in [3.05, 3.63) is 52.8 Å². The summed E-state index contributed by atoms with van der Waals surface area (Å²) in [5.41, 5.74) is -2.31. The lowest BCUT2D eigenvalue weighted by atomic mass is 9.87. The van der Waals surface area contributed by atoms with Crippen molar-refractivity contribution in [2.45, 2.75) is 95.4 Å². The Morgan fingerprint density at radius 3 is 2.08 bits per heavy atom. The van der Waals surface area contributed by atoms with Crippen LogP contribution < -0.4 is 4.90 Å². The Kier molecular flexibility index (Phi) is 12.0. The van der Waals surface area contributed by atoms with E-state index in [2.05, 4.69) is 15.1 Å². The molecule has 1 fully saturated rings. The first-order valence-corrected chi connectivity index (χ1v) is 16.1. The molecule has 1 saturated carbocycles. The van der Waals surface area contributed by atoms with E-state index in [0.717, 1.165) is 5.56 Å². The molecule has 0 N–H and O–H groups in total. The van der Waals surface area contributed by atoms with Crippen LogP contribution in [0, 0.1) is 5.92 Å². The van der Waals surface area contributed by atoms with E-state index in [4.69, 9.17) is 9.47 Å². The van der Waals surface area contributed by atoms with Gasteiger partial charge in [-0.2, -0.15) is 31.4 Å². The Morgan fingerprint density at radius 1 is 1.00 bits per heavy atom. The molecule has 2 aromatic rings. The largest absolute Gasteiger partial charge is 0.469 e. The number of ether oxygens (including phenoxy) is 2. The molecular weight excluding hydrogens is 658 g/mol. The predicted octanol–water partition coefficient (Wildman–Crippen LogP) is 6.89. The number of methoxy groups -OCH3 is 1. The number of nitrogens with zero attached hydrogens (tertiary/aromatic N) is 6. The molecule has 1 aromatic heterocycles. The molecule has 49 heavy (non-hydrogen) atoms. The van der Waals surface area contributed by atoms with Crippen LogP contribution in [-0.2, 0) is 33.2 Å². The predicted molar refractivity (Wildman–Crippen MR) is 169 cm³/mol. The quantitative estimate of drug-likeness (QED) is 0.185. The van der Waals surface area contributed by atoms with Crippen molar-refractivity contribution in [3.63, 3.8) is 0 Å². The number of hydrazone groups is 1. The normalized spacial score (nSPS) is 20.9. The highest BCUT2D eigenvalue weighted by Crippen LogP contribution is 2.37. The maximum atomic E-state index is 13.7. The Balaban J connectivity index is 1.56. The number of benzene rings is 1. The molecule has 0 radical (unpaired) electrons. The molecule has 1 aromatic carbocycles. The average molecular weight is 701 g/mol. The van der Waals surface area contributed by atoms with Gasteiger partial charge in [-0.15, -0.1) is 0 Å². The first kappa shape index (κ1) is 37.7. The summed E-state index contributed by atoms with van der Waals surface area (Å²) in [4.78, 5) is 37.0. The van der Waals surface area contributed by atoms with Crippen LogP contribution in [-0.4, -0.2) is 84.1 Å². The van der Waals surface area contributed by atoms with Crippen molar-refractivity contribution >= 4 is 24.2 Å². The second-order valence-electron chi connectivity index (χ2n) is 12.7. The van der Waals surface area contributed by atoms with E-state index in [9.17, 15) is 35.9 Å². The summed E-state index contributed by atoms with van der Waals surface area (Å²) in [5.74, 6) is -0.499. The number of anilines is 1. The van der Waals surface area contributed by atoms with Gasteiger partial charge in [-0.1, -0.05) is 6.92 Å². The SMILES string of the molecule is CC[C@H](C[C@@H](C)N(Cc1cc(C(F)(F)F)cc(C(F)(F)F)c1)c1ncc(C2C=NN(C)C2)cn1)N(C)C(=O)OC1CCC(C(=O)OC)CC1. The lowest BCUT2D eigenvalue weighted by Gasteiger charge is -2.36. The topological polar surface area (TPSA) is 100 Å². The summed E-state index contributed by atoms with van der Waals surface area (Å²) in [6, 6.07) is 0.532. The van der Waals surface area contributed by atoms with Crippen molar-refractivity contribution in [2.24, 2.45) is 11.0 Å². The van der Waals surface area contributed by atoms with Gasteiger partial charge in [0, 0.05) is 63.8 Å². The maximum absolute atomic E-state index is 13.7. The van der Waals surface area contributed by atoms with Gasteiger partial charge in [-0.3, -0.25) is 9.80 Å². The van der Waals surface area contributed by atoms with Gasteiger partial charge in [0.15, 0.2) is 0 Å². The third-order valence-electron chi connectivity index (χ3n) is 9.18. The minimum Gasteiger partial charge on any atom is -0.469 e. The van der Waals surface area contributed by atoms with Crippen LogP contribution in [0.2, 0.25) is 0 Å². The second-order valence-corrected chi connectivity index (χ2v) is 12.7. The van der Waals surface area contributed by atoms with Gasteiger partial charge in [0.1, 0.15) is 6.10 Å². The minimum absolute atomic E-state index is 0.0811. The molecule has 0 bridgehead atoms. The van der Waals surface area contributed by atoms with E-state index in [1.54, 1.807) is 42.5 Å². The van der Waals surface area contributed by atoms with Crippen molar-refractivity contribution < 1.29 is 45.4 Å². The third-order valence-corrected chi connectivity index (χ3v) is 9.18. The molecule has 4 rings (SSSR count). The Bertz CT molecular complexity index is 1430. The fourth-order valence-electron chi connectivity index (χ4n) is 6.24. The van der Waals surface area contributed by atoms with E-state index in [1.165, 1.54) is 12.0 Å². The summed E-state index contributed by atoms with van der Waals surface area (Å²) < 4.78 is 92.8. The zero-order valence-electron chi connectivity index (χ0n) is 28.1. The molecular formula is C33H42F6N6O4. The number of amides is 1. The number of aromatic nitrogens is 2. The van der Waals surface area contributed by atoms with Crippen LogP contribution in [0.4, 0.5) is 37.1 Å². The molecule has 1 unspecified atom stereocenters. The highest BCUT2D eigenvalue weighted by molar-refractivity contribution is 5.72. The van der Waals surface area contributed by atoms with Crippen LogP contribution in [0.5, 0.6) is 0 Å². The molecule has 2 aliphatic rings. The van der Waals surface area contributed by atoms with Crippen molar-refractivity contribution in [2.75, 3.05) is 32.6 Å². The highest BCUT2D eigenvalue weighted by Gasteiger charge is 2.38. The number of carbonyl (C=O) groups excluding carboxylic acids is 2. The summed E-state index contributed by atoms with van der Waals surface area (Å²) in [6.07, 6.45) is -3.23. The Morgan fingerprint density at radius 2 is 1.59 bits per heavy atom. The maximum Gasteiger partial charge on any atom is 0.416 e. The van der Waals surface area contributed by atoms with Crippen molar-refractivity contribution in [1.29, 1.82) is 0 Å². The van der Waals surface area contributed by atoms with E-state index in [1.807, 2.05) is 14.0 Å². The molecule has 1 amide bonds. The number of carbonyl (C=O) groups is 2. The first-order valence-electron chi connectivity index (χ1n) is 16.1. The standard InChI is InChI=1S/C33H42F6N6O4/c1-6-27(44(4)31(47)49-28-9-7-22(8-10-28)29(46)48-5)11-20(2)45(30-40-15-23(16-41-30)24-17-42-43(3)19-24)18-21-12-25(32(34,35)36)14-26(13-21)33(37,38)39/h12-17,20,22,24,27-28H,6-11,18-19H2,1-5H3/t20-,22?,24?,27-,28?/m1/s1. The van der Waals surface area contributed by atoms with Crippen LogP contribution in [0.1, 0.15) is 80.5 Å². The number of esters is 1. The van der Waals surface area contributed by atoms with Gasteiger partial charge >= 0.3 is 24.4 Å². The molecule has 0 saturated heterocycles. The summed E-state index contributed by atoms with van der Waals surface area (Å²) in [6.45, 7) is 3.85. The van der Waals surface area contributed by atoms with Gasteiger partial charge in [0.2, 0.25) is 5.95 Å². The molecule has 1 aliphatic heterocycles. The number of halogens is 6. The average Bonchev–Trinajstić information content (AvgIpc) is 3.50. The van der Waals surface area contributed by atoms with Gasteiger partial charge < -0.3 is 19.3 Å². The number of likely N-dealkylation sites (N-methyl/N-ethyl adjacent to an activating group) is 1.